The summed E-state index contributed by atoms with van der Waals surface area (Å²) in [4.78, 5) is 3.82. The third kappa shape index (κ3) is 2.22. The Kier molecular flexibility index (Phi) is 3.37. The summed E-state index contributed by atoms with van der Waals surface area (Å²) in [7, 11) is 0. The van der Waals surface area contributed by atoms with E-state index in [2.05, 4.69) is 4.98 Å². The van der Waals surface area contributed by atoms with Crippen LogP contribution < -0.4 is 5.73 Å². The normalized spacial score (nSPS) is 9.68. The number of aromatic nitrogens is 1. The number of benzene rings is 1. The molecular weight excluding hydrogens is 260 g/mol. The van der Waals surface area contributed by atoms with Gasteiger partial charge in [0.2, 0.25) is 0 Å². The first-order chi connectivity index (χ1) is 9.08. The Morgan fingerprint density at radius 1 is 1.11 bits per heavy atom. The second-order valence-electron chi connectivity index (χ2n) is 4.00. The fourth-order valence-electron chi connectivity index (χ4n) is 1.80. The molecule has 0 aliphatic heterocycles. The molecule has 1 aromatic carbocycles. The molecule has 92 valence electrons. The van der Waals surface area contributed by atoms with Gasteiger partial charge in [-0.2, -0.15) is 10.5 Å². The van der Waals surface area contributed by atoms with Crippen molar-refractivity contribution in [2.75, 3.05) is 5.73 Å². The third-order valence-corrected chi connectivity index (χ3v) is 3.02. The van der Waals surface area contributed by atoms with E-state index < -0.39 is 0 Å². The number of hydrogen-bond acceptors (Lipinski definition) is 4. The lowest BCUT2D eigenvalue weighted by Crippen LogP contribution is -2.01. The van der Waals surface area contributed by atoms with Crippen LogP contribution in [0.1, 0.15) is 16.7 Å². The van der Waals surface area contributed by atoms with Crippen molar-refractivity contribution in [3.63, 3.8) is 0 Å². The summed E-state index contributed by atoms with van der Waals surface area (Å²) < 4.78 is 0. The van der Waals surface area contributed by atoms with Crippen LogP contribution in [-0.2, 0) is 0 Å². The van der Waals surface area contributed by atoms with Gasteiger partial charge in [0.1, 0.15) is 28.7 Å². The molecule has 0 bridgehead atoms. The molecule has 0 unspecified atom stereocenters. The van der Waals surface area contributed by atoms with Crippen molar-refractivity contribution >= 4 is 17.4 Å². The minimum absolute atomic E-state index is 0.00887. The molecule has 19 heavy (non-hydrogen) atoms. The van der Waals surface area contributed by atoms with Crippen LogP contribution in [0, 0.1) is 29.6 Å². The summed E-state index contributed by atoms with van der Waals surface area (Å²) in [6.45, 7) is 1.95. The summed E-state index contributed by atoms with van der Waals surface area (Å²) in [5.74, 6) is 0.0297. The Labute approximate surface area is 115 Å². The van der Waals surface area contributed by atoms with E-state index in [-0.39, 0.29) is 22.1 Å². The Morgan fingerprint density at radius 3 is 2.21 bits per heavy atom. The molecule has 1 heterocycles. The highest BCUT2D eigenvalue weighted by Gasteiger charge is 2.18. The molecule has 0 saturated carbocycles. The molecule has 0 amide bonds. The number of aryl methyl sites for hydroxylation is 1. The highest BCUT2D eigenvalue weighted by Crippen LogP contribution is 2.33. The number of nitrogens with two attached hydrogens (primary N) is 1. The van der Waals surface area contributed by atoms with E-state index in [1.807, 2.05) is 43.3 Å². The number of rotatable bonds is 1. The molecule has 0 spiro atoms. The van der Waals surface area contributed by atoms with Crippen molar-refractivity contribution in [2.24, 2.45) is 0 Å². The monoisotopic (exact) mass is 268 g/mol. The number of halogens is 1. The fraction of sp³-hybridized carbons (Fsp3) is 0.0714. The van der Waals surface area contributed by atoms with E-state index in [1.165, 1.54) is 0 Å². The molecule has 2 rings (SSSR count). The van der Waals surface area contributed by atoms with Gasteiger partial charge in [0.25, 0.3) is 0 Å². The van der Waals surface area contributed by atoms with Gasteiger partial charge < -0.3 is 5.73 Å². The van der Waals surface area contributed by atoms with Crippen molar-refractivity contribution in [1.82, 2.24) is 4.98 Å². The Balaban J connectivity index is 2.85. The topological polar surface area (TPSA) is 86.5 Å². The van der Waals surface area contributed by atoms with E-state index in [0.29, 0.717) is 5.56 Å². The molecule has 0 saturated heterocycles. The molecule has 1 aromatic heterocycles. The van der Waals surface area contributed by atoms with Crippen LogP contribution in [0.4, 0.5) is 5.82 Å². The number of nitrogen functional groups attached to an aromatic ring is 1. The standard InChI is InChI=1S/C14H9ClN4/c1-8-2-4-9(5-3-8)12-10(6-16)13(15)19-14(18)11(12)7-17/h2-5H,1H3,(H2,18,19). The minimum Gasteiger partial charge on any atom is -0.383 e. The van der Waals surface area contributed by atoms with Gasteiger partial charge in [0.15, 0.2) is 0 Å². The van der Waals surface area contributed by atoms with Gasteiger partial charge in [-0.1, -0.05) is 41.4 Å². The second kappa shape index (κ2) is 4.97. The largest absolute Gasteiger partial charge is 0.383 e. The number of nitriles is 2. The Hall–Kier alpha value is -2.56. The van der Waals surface area contributed by atoms with Gasteiger partial charge in [0, 0.05) is 5.56 Å². The quantitative estimate of drug-likeness (QED) is 0.805. The van der Waals surface area contributed by atoms with E-state index in [9.17, 15) is 10.5 Å². The first-order valence-corrected chi connectivity index (χ1v) is 5.82. The predicted octanol–water partition coefficient (Wildman–Crippen LogP) is 3.04. The molecule has 0 aliphatic carbocycles. The molecular formula is C14H9ClN4. The summed E-state index contributed by atoms with van der Waals surface area (Å²) in [6, 6.07) is 11.4. The fourth-order valence-corrected chi connectivity index (χ4v) is 2.03. The van der Waals surface area contributed by atoms with Crippen LogP contribution in [-0.4, -0.2) is 4.98 Å². The molecule has 4 nitrogen and oxygen atoms in total. The lowest BCUT2D eigenvalue weighted by atomic mass is 9.96. The first kappa shape index (κ1) is 12.9. The second-order valence-corrected chi connectivity index (χ2v) is 4.36. The van der Waals surface area contributed by atoms with Gasteiger partial charge in [-0.3, -0.25) is 0 Å². The zero-order valence-electron chi connectivity index (χ0n) is 10.1. The van der Waals surface area contributed by atoms with E-state index in [4.69, 9.17) is 17.3 Å². The third-order valence-electron chi connectivity index (χ3n) is 2.74. The van der Waals surface area contributed by atoms with Gasteiger partial charge in [-0.15, -0.1) is 0 Å². The number of pyridine rings is 1. The lowest BCUT2D eigenvalue weighted by Gasteiger charge is -2.10. The lowest BCUT2D eigenvalue weighted by molar-refractivity contribution is 1.28. The van der Waals surface area contributed by atoms with E-state index >= 15 is 0 Å². The average Bonchev–Trinajstić information content (AvgIpc) is 2.39. The molecule has 5 heteroatoms. The summed E-state index contributed by atoms with van der Waals surface area (Å²) in [6.07, 6.45) is 0. The zero-order valence-corrected chi connectivity index (χ0v) is 10.9. The van der Waals surface area contributed by atoms with Crippen LogP contribution in [0.3, 0.4) is 0 Å². The van der Waals surface area contributed by atoms with Gasteiger partial charge in [0.05, 0.1) is 5.56 Å². The zero-order chi connectivity index (χ0) is 14.0. The molecule has 0 radical (unpaired) electrons. The maximum Gasteiger partial charge on any atom is 0.149 e. The van der Waals surface area contributed by atoms with Crippen LogP contribution in [0.5, 0.6) is 0 Å². The summed E-state index contributed by atoms with van der Waals surface area (Å²) >= 11 is 5.92. The summed E-state index contributed by atoms with van der Waals surface area (Å²) in [5, 5.41) is 18.4. The van der Waals surface area contributed by atoms with E-state index in [0.717, 1.165) is 11.1 Å². The van der Waals surface area contributed by atoms with Crippen molar-refractivity contribution in [1.29, 1.82) is 10.5 Å². The smallest absolute Gasteiger partial charge is 0.149 e. The average molecular weight is 269 g/mol. The van der Waals surface area contributed by atoms with Crippen LogP contribution in [0.25, 0.3) is 11.1 Å². The van der Waals surface area contributed by atoms with E-state index in [1.54, 1.807) is 0 Å². The number of hydrogen-bond donors (Lipinski definition) is 1. The van der Waals surface area contributed by atoms with Gasteiger partial charge >= 0.3 is 0 Å². The molecule has 0 fully saturated rings. The van der Waals surface area contributed by atoms with Crippen LogP contribution in [0.2, 0.25) is 5.15 Å². The van der Waals surface area contributed by atoms with Crippen molar-refractivity contribution in [2.45, 2.75) is 6.92 Å². The predicted molar refractivity (Wildman–Crippen MR) is 73.3 cm³/mol. The SMILES string of the molecule is Cc1ccc(-c2c(C#N)c(N)nc(Cl)c2C#N)cc1. The number of nitrogens with zero attached hydrogens (tertiary/aromatic N) is 3. The van der Waals surface area contributed by atoms with Crippen molar-refractivity contribution in [3.8, 4) is 23.3 Å². The molecule has 2 aromatic rings. The van der Waals surface area contributed by atoms with Crippen LogP contribution in [0.15, 0.2) is 24.3 Å². The maximum atomic E-state index is 9.20. The van der Waals surface area contributed by atoms with Crippen molar-refractivity contribution < 1.29 is 0 Å². The number of anilines is 1. The van der Waals surface area contributed by atoms with Gasteiger partial charge in [-0.05, 0) is 12.5 Å². The molecule has 2 N–H and O–H groups in total. The summed E-state index contributed by atoms with van der Waals surface area (Å²) in [5.41, 5.74) is 8.26. The molecule has 0 aliphatic rings. The van der Waals surface area contributed by atoms with Crippen molar-refractivity contribution in [3.05, 3.63) is 46.1 Å². The Bertz CT molecular complexity index is 683. The molecule has 0 atom stereocenters. The Morgan fingerprint density at radius 2 is 1.68 bits per heavy atom. The highest BCUT2D eigenvalue weighted by atomic mass is 35.5. The van der Waals surface area contributed by atoms with Crippen LogP contribution >= 0.6 is 11.6 Å². The first-order valence-electron chi connectivity index (χ1n) is 5.44. The minimum atomic E-state index is 0.00887. The maximum absolute atomic E-state index is 9.20. The van der Waals surface area contributed by atoms with Gasteiger partial charge in [-0.25, -0.2) is 4.98 Å². The highest BCUT2D eigenvalue weighted by molar-refractivity contribution is 6.31.